The summed E-state index contributed by atoms with van der Waals surface area (Å²) in [7, 11) is 4.69. The first-order valence-corrected chi connectivity index (χ1v) is 6.95. The monoisotopic (exact) mass is 316 g/mol. The molecule has 0 aliphatic heterocycles. The summed E-state index contributed by atoms with van der Waals surface area (Å²) in [5.41, 5.74) is 6.96. The first-order valence-electron chi connectivity index (χ1n) is 6.95. The van der Waals surface area contributed by atoms with Gasteiger partial charge in [0.15, 0.2) is 11.5 Å². The summed E-state index contributed by atoms with van der Waals surface area (Å²) in [6.07, 6.45) is 0. The molecule has 0 spiro atoms. The SMILES string of the molecule is COc1cc(COc2cccc(C(=N)N)c2)cc(OC)c1OC. The summed E-state index contributed by atoms with van der Waals surface area (Å²) in [5, 5.41) is 7.45. The summed E-state index contributed by atoms with van der Waals surface area (Å²) < 4.78 is 21.7. The van der Waals surface area contributed by atoms with Crippen molar-refractivity contribution < 1.29 is 18.9 Å². The van der Waals surface area contributed by atoms with Gasteiger partial charge in [0.2, 0.25) is 5.75 Å². The van der Waals surface area contributed by atoms with Crippen molar-refractivity contribution in [1.29, 1.82) is 5.41 Å². The lowest BCUT2D eigenvalue weighted by atomic mass is 10.2. The molecule has 0 aromatic heterocycles. The van der Waals surface area contributed by atoms with Crippen LogP contribution in [-0.4, -0.2) is 27.2 Å². The molecule has 23 heavy (non-hydrogen) atoms. The van der Waals surface area contributed by atoms with Crippen LogP contribution in [-0.2, 0) is 6.61 Å². The fraction of sp³-hybridized carbons (Fsp3) is 0.235. The highest BCUT2D eigenvalue weighted by molar-refractivity contribution is 5.95. The lowest BCUT2D eigenvalue weighted by Crippen LogP contribution is -2.10. The Bertz CT molecular complexity index is 676. The minimum atomic E-state index is 0.00300. The molecule has 3 N–H and O–H groups in total. The Kier molecular flexibility index (Phi) is 5.30. The van der Waals surface area contributed by atoms with Gasteiger partial charge in [-0.3, -0.25) is 5.41 Å². The van der Waals surface area contributed by atoms with Crippen molar-refractivity contribution in [2.75, 3.05) is 21.3 Å². The first kappa shape index (κ1) is 16.5. The van der Waals surface area contributed by atoms with E-state index in [0.717, 1.165) is 5.56 Å². The summed E-state index contributed by atoms with van der Waals surface area (Å²) >= 11 is 0. The third kappa shape index (κ3) is 3.85. The van der Waals surface area contributed by atoms with Crippen LogP contribution in [0.2, 0.25) is 0 Å². The van der Waals surface area contributed by atoms with Gasteiger partial charge >= 0.3 is 0 Å². The van der Waals surface area contributed by atoms with E-state index in [1.807, 2.05) is 18.2 Å². The van der Waals surface area contributed by atoms with Crippen LogP contribution < -0.4 is 24.7 Å². The van der Waals surface area contributed by atoms with E-state index >= 15 is 0 Å². The molecule has 0 heterocycles. The number of methoxy groups -OCH3 is 3. The van der Waals surface area contributed by atoms with Crippen LogP contribution in [0.4, 0.5) is 0 Å². The molecule has 0 bridgehead atoms. The standard InChI is InChI=1S/C17H20N2O4/c1-20-14-7-11(8-15(21-2)16(14)22-3)10-23-13-6-4-5-12(9-13)17(18)19/h4-9H,10H2,1-3H3,(H3,18,19). The molecule has 2 aromatic rings. The second kappa shape index (κ2) is 7.40. The van der Waals surface area contributed by atoms with Gasteiger partial charge in [0.05, 0.1) is 21.3 Å². The number of nitrogens with one attached hydrogen (secondary N) is 1. The maximum Gasteiger partial charge on any atom is 0.203 e. The molecule has 0 unspecified atom stereocenters. The van der Waals surface area contributed by atoms with E-state index in [0.29, 0.717) is 35.2 Å². The number of amidine groups is 1. The van der Waals surface area contributed by atoms with Crippen molar-refractivity contribution in [1.82, 2.24) is 0 Å². The average Bonchev–Trinajstić information content (AvgIpc) is 2.59. The number of ether oxygens (including phenoxy) is 4. The topological polar surface area (TPSA) is 86.8 Å². The van der Waals surface area contributed by atoms with Crippen molar-refractivity contribution in [2.24, 2.45) is 5.73 Å². The number of benzene rings is 2. The van der Waals surface area contributed by atoms with E-state index < -0.39 is 0 Å². The molecule has 0 radical (unpaired) electrons. The Morgan fingerprint density at radius 3 is 2.17 bits per heavy atom. The van der Waals surface area contributed by atoms with Gasteiger partial charge in [0.25, 0.3) is 0 Å². The molecular weight excluding hydrogens is 296 g/mol. The molecule has 0 aliphatic carbocycles. The zero-order valence-corrected chi connectivity index (χ0v) is 13.4. The van der Waals surface area contributed by atoms with E-state index in [1.54, 1.807) is 39.5 Å². The van der Waals surface area contributed by atoms with Crippen LogP contribution in [0, 0.1) is 5.41 Å². The van der Waals surface area contributed by atoms with Crippen molar-refractivity contribution in [3.63, 3.8) is 0 Å². The highest BCUT2D eigenvalue weighted by Gasteiger charge is 2.13. The smallest absolute Gasteiger partial charge is 0.203 e. The van der Waals surface area contributed by atoms with Crippen molar-refractivity contribution in [2.45, 2.75) is 6.61 Å². The molecule has 122 valence electrons. The van der Waals surface area contributed by atoms with Gasteiger partial charge in [0, 0.05) is 5.56 Å². The summed E-state index contributed by atoms with van der Waals surface area (Å²) in [4.78, 5) is 0. The van der Waals surface area contributed by atoms with Crippen LogP contribution in [0.25, 0.3) is 0 Å². The Balaban J connectivity index is 2.20. The number of nitrogens with two attached hydrogens (primary N) is 1. The first-order chi connectivity index (χ1) is 11.1. The van der Waals surface area contributed by atoms with Crippen LogP contribution in [0.5, 0.6) is 23.0 Å². The second-order valence-electron chi connectivity index (χ2n) is 4.76. The van der Waals surface area contributed by atoms with E-state index in [1.165, 1.54) is 0 Å². The van der Waals surface area contributed by atoms with E-state index in [4.69, 9.17) is 30.1 Å². The summed E-state index contributed by atoms with van der Waals surface area (Å²) in [6.45, 7) is 0.318. The van der Waals surface area contributed by atoms with Gasteiger partial charge in [0.1, 0.15) is 18.2 Å². The molecule has 6 heteroatoms. The van der Waals surface area contributed by atoms with Crippen molar-refractivity contribution >= 4 is 5.84 Å². The number of hydrogen-bond acceptors (Lipinski definition) is 5. The highest BCUT2D eigenvalue weighted by atomic mass is 16.5. The maximum atomic E-state index is 7.45. The molecule has 6 nitrogen and oxygen atoms in total. The van der Waals surface area contributed by atoms with Crippen LogP contribution >= 0.6 is 0 Å². The van der Waals surface area contributed by atoms with Crippen LogP contribution in [0.3, 0.4) is 0 Å². The second-order valence-corrected chi connectivity index (χ2v) is 4.76. The normalized spacial score (nSPS) is 10.0. The molecule has 2 aromatic carbocycles. The van der Waals surface area contributed by atoms with Crippen LogP contribution in [0.1, 0.15) is 11.1 Å². The predicted octanol–water partition coefficient (Wildman–Crippen LogP) is 2.58. The lowest BCUT2D eigenvalue weighted by Gasteiger charge is -2.14. The van der Waals surface area contributed by atoms with E-state index in [-0.39, 0.29) is 5.84 Å². The van der Waals surface area contributed by atoms with Gasteiger partial charge in [-0.2, -0.15) is 0 Å². The fourth-order valence-corrected chi connectivity index (χ4v) is 2.14. The summed E-state index contributed by atoms with van der Waals surface area (Å²) in [6, 6.07) is 10.7. The van der Waals surface area contributed by atoms with Crippen LogP contribution in [0.15, 0.2) is 36.4 Å². The van der Waals surface area contributed by atoms with Gasteiger partial charge in [-0.1, -0.05) is 12.1 Å². The Hall–Kier alpha value is -2.89. The average molecular weight is 316 g/mol. The van der Waals surface area contributed by atoms with Crippen molar-refractivity contribution in [3.8, 4) is 23.0 Å². The zero-order valence-electron chi connectivity index (χ0n) is 13.4. The fourth-order valence-electron chi connectivity index (χ4n) is 2.14. The number of nitrogen functional groups attached to an aromatic ring is 1. The maximum absolute atomic E-state index is 7.45. The molecule has 0 saturated carbocycles. The molecule has 2 rings (SSSR count). The molecule has 0 atom stereocenters. The molecule has 0 amide bonds. The number of rotatable bonds is 7. The lowest BCUT2D eigenvalue weighted by molar-refractivity contribution is 0.298. The third-order valence-electron chi connectivity index (χ3n) is 3.28. The zero-order chi connectivity index (χ0) is 16.8. The molecule has 0 aliphatic rings. The largest absolute Gasteiger partial charge is 0.493 e. The Morgan fingerprint density at radius 2 is 1.65 bits per heavy atom. The van der Waals surface area contributed by atoms with Gasteiger partial charge in [-0.15, -0.1) is 0 Å². The molecule has 0 fully saturated rings. The minimum Gasteiger partial charge on any atom is -0.493 e. The Labute approximate surface area is 135 Å². The van der Waals surface area contributed by atoms with Gasteiger partial charge < -0.3 is 24.7 Å². The number of hydrogen-bond donors (Lipinski definition) is 2. The quantitative estimate of drug-likeness (QED) is 0.605. The highest BCUT2D eigenvalue weighted by Crippen LogP contribution is 2.38. The van der Waals surface area contributed by atoms with E-state index in [9.17, 15) is 0 Å². The third-order valence-corrected chi connectivity index (χ3v) is 3.28. The van der Waals surface area contributed by atoms with Gasteiger partial charge in [-0.05, 0) is 29.8 Å². The molecular formula is C17H20N2O4. The summed E-state index contributed by atoms with van der Waals surface area (Å²) in [5.74, 6) is 2.32. The van der Waals surface area contributed by atoms with Gasteiger partial charge in [-0.25, -0.2) is 0 Å². The van der Waals surface area contributed by atoms with E-state index in [2.05, 4.69) is 0 Å². The minimum absolute atomic E-state index is 0.00300. The predicted molar refractivity (Wildman–Crippen MR) is 87.9 cm³/mol. The van der Waals surface area contributed by atoms with Crippen molar-refractivity contribution in [3.05, 3.63) is 47.5 Å². The molecule has 0 saturated heterocycles. The Morgan fingerprint density at radius 1 is 1.00 bits per heavy atom.